The number of carbonyl (C=O) groups is 2. The van der Waals surface area contributed by atoms with Crippen LogP contribution in [0.15, 0.2) is 42.5 Å². The number of rotatable bonds is 7. The van der Waals surface area contributed by atoms with Crippen molar-refractivity contribution in [2.45, 2.75) is 33.2 Å². The Morgan fingerprint density at radius 3 is 2.46 bits per heavy atom. The monoisotopic (exact) mass is 328 g/mol. The Morgan fingerprint density at radius 1 is 1.08 bits per heavy atom. The normalized spacial score (nSPS) is 12.2. The Labute approximate surface area is 142 Å². The molecular weight excluding hydrogens is 304 g/mol. The van der Waals surface area contributed by atoms with E-state index in [1.165, 1.54) is 0 Å². The number of hydrogen-bond acceptors (Lipinski definition) is 3. The molecule has 24 heavy (non-hydrogen) atoms. The minimum atomic E-state index is -0.621. The molecule has 0 aliphatic heterocycles. The van der Waals surface area contributed by atoms with Crippen LogP contribution in [-0.2, 0) is 20.8 Å². The highest BCUT2D eigenvalue weighted by molar-refractivity contribution is 5.89. The molecule has 0 saturated heterocycles. The first kappa shape index (κ1) is 17.9. The van der Waals surface area contributed by atoms with E-state index < -0.39 is 6.04 Å². The molecule has 0 saturated carbocycles. The van der Waals surface area contributed by atoms with Gasteiger partial charge < -0.3 is 5.32 Å². The molecule has 0 spiro atoms. The van der Waals surface area contributed by atoms with Crippen molar-refractivity contribution in [3.05, 3.63) is 48.0 Å². The highest BCUT2D eigenvalue weighted by Crippen LogP contribution is 2.16. The molecule has 1 atom stereocenters. The predicted octanol–water partition coefficient (Wildman–Crippen LogP) is 2.59. The summed E-state index contributed by atoms with van der Waals surface area (Å²) in [4.78, 5) is 29.3. The van der Waals surface area contributed by atoms with Crippen LogP contribution in [0.4, 0.5) is 0 Å². The Morgan fingerprint density at radius 2 is 1.79 bits per heavy atom. The molecule has 2 aromatic rings. The maximum Gasteiger partial charge on any atom is 0.266 e. The Bertz CT molecular complexity index is 713. The highest BCUT2D eigenvalue weighted by atomic mass is 16.6. The lowest BCUT2D eigenvalue weighted by molar-refractivity contribution is -0.139. The maximum atomic E-state index is 12.3. The fourth-order valence-corrected chi connectivity index (χ4v) is 2.50. The fraction of sp³-hybridized carbons (Fsp3) is 0.368. The van der Waals surface area contributed by atoms with Crippen LogP contribution >= 0.6 is 0 Å². The summed E-state index contributed by atoms with van der Waals surface area (Å²) >= 11 is 0. The largest absolute Gasteiger partial charge is 0.344 e. The van der Waals surface area contributed by atoms with Crippen LogP contribution in [0.3, 0.4) is 0 Å². The minimum Gasteiger partial charge on any atom is -0.344 e. The average Bonchev–Trinajstić information content (AvgIpc) is 2.57. The quantitative estimate of drug-likeness (QED) is 0.768. The van der Waals surface area contributed by atoms with Gasteiger partial charge >= 0.3 is 0 Å². The number of benzene rings is 2. The molecule has 5 nitrogen and oxygen atoms in total. The van der Waals surface area contributed by atoms with E-state index in [9.17, 15) is 9.59 Å². The van der Waals surface area contributed by atoms with E-state index in [2.05, 4.69) is 10.8 Å². The predicted molar refractivity (Wildman–Crippen MR) is 94.2 cm³/mol. The summed E-state index contributed by atoms with van der Waals surface area (Å²) in [5.41, 5.74) is 3.27. The van der Waals surface area contributed by atoms with Crippen molar-refractivity contribution in [1.29, 1.82) is 0 Å². The van der Waals surface area contributed by atoms with Gasteiger partial charge in [-0.3, -0.25) is 14.4 Å². The first-order valence-electron chi connectivity index (χ1n) is 8.20. The Hall–Kier alpha value is -2.40. The van der Waals surface area contributed by atoms with Gasteiger partial charge in [0, 0.05) is 0 Å². The molecule has 0 aliphatic rings. The summed E-state index contributed by atoms with van der Waals surface area (Å²) in [5, 5.41) is 5.02. The number of hydroxylamine groups is 1. The molecule has 2 amide bonds. The first-order chi connectivity index (χ1) is 11.5. The van der Waals surface area contributed by atoms with E-state index in [1.54, 1.807) is 6.92 Å². The van der Waals surface area contributed by atoms with E-state index in [-0.39, 0.29) is 24.2 Å². The molecule has 0 fully saturated rings. The molecule has 0 aliphatic carbocycles. The number of fused-ring (bicyclic) bond motifs is 1. The van der Waals surface area contributed by atoms with Crippen molar-refractivity contribution in [3.63, 3.8) is 0 Å². The van der Waals surface area contributed by atoms with E-state index in [1.807, 2.05) is 56.3 Å². The van der Waals surface area contributed by atoms with Gasteiger partial charge in [0.2, 0.25) is 5.91 Å². The lowest BCUT2D eigenvalue weighted by atomic mass is 10.0. The third-order valence-electron chi connectivity index (χ3n) is 3.76. The number of hydrogen-bond donors (Lipinski definition) is 2. The van der Waals surface area contributed by atoms with Crippen LogP contribution in [-0.4, -0.2) is 24.5 Å². The second-order valence-electron chi connectivity index (χ2n) is 6.05. The van der Waals surface area contributed by atoms with E-state index in [0.717, 1.165) is 16.3 Å². The van der Waals surface area contributed by atoms with E-state index >= 15 is 0 Å². The van der Waals surface area contributed by atoms with Gasteiger partial charge in [-0.2, -0.15) is 0 Å². The lowest BCUT2D eigenvalue weighted by Crippen LogP contribution is -2.50. The van der Waals surface area contributed by atoms with Gasteiger partial charge in [0.1, 0.15) is 6.04 Å². The smallest absolute Gasteiger partial charge is 0.266 e. The second kappa shape index (κ2) is 8.45. The number of amides is 2. The molecule has 0 radical (unpaired) electrons. The van der Waals surface area contributed by atoms with Gasteiger partial charge in [-0.15, -0.1) is 0 Å². The van der Waals surface area contributed by atoms with Crippen molar-refractivity contribution in [1.82, 2.24) is 10.8 Å². The number of carbonyl (C=O) groups excluding carboxylic acids is 2. The Balaban J connectivity index is 2.02. The molecule has 0 heterocycles. The Kier molecular flexibility index (Phi) is 6.32. The number of nitrogens with one attached hydrogen (secondary N) is 2. The van der Waals surface area contributed by atoms with Gasteiger partial charge in [-0.1, -0.05) is 56.3 Å². The molecule has 2 N–H and O–H groups in total. The summed E-state index contributed by atoms with van der Waals surface area (Å²) in [5.74, 6) is -0.555. The van der Waals surface area contributed by atoms with Gasteiger partial charge in [0.25, 0.3) is 5.91 Å². The van der Waals surface area contributed by atoms with Crippen LogP contribution in [0.1, 0.15) is 26.3 Å². The van der Waals surface area contributed by atoms with Crippen molar-refractivity contribution in [2.24, 2.45) is 5.92 Å². The molecule has 2 aromatic carbocycles. The van der Waals surface area contributed by atoms with Gasteiger partial charge in [0.15, 0.2) is 0 Å². The summed E-state index contributed by atoms with van der Waals surface area (Å²) in [6, 6.07) is 13.3. The summed E-state index contributed by atoms with van der Waals surface area (Å²) in [6.45, 7) is 5.92. The standard InChI is InChI=1S/C19H24N2O3/c1-4-24-21-19(23)18(13(2)3)20-17(22)12-14-9-10-15-7-5-6-8-16(15)11-14/h5-11,13,18H,4,12H2,1-3H3,(H,20,22)(H,21,23)/t18-/m0/s1. The maximum absolute atomic E-state index is 12.3. The summed E-state index contributed by atoms with van der Waals surface area (Å²) < 4.78 is 0. The third kappa shape index (κ3) is 4.80. The molecule has 0 unspecified atom stereocenters. The molecule has 0 aromatic heterocycles. The first-order valence-corrected chi connectivity index (χ1v) is 8.20. The SMILES string of the molecule is CCONC(=O)[C@@H](NC(=O)Cc1ccc2ccccc2c1)C(C)C. The van der Waals surface area contributed by atoms with Gasteiger partial charge in [-0.05, 0) is 29.2 Å². The zero-order valence-corrected chi connectivity index (χ0v) is 14.3. The average molecular weight is 328 g/mol. The molecule has 0 bridgehead atoms. The van der Waals surface area contributed by atoms with Crippen LogP contribution in [0.2, 0.25) is 0 Å². The van der Waals surface area contributed by atoms with E-state index in [0.29, 0.717) is 6.61 Å². The van der Waals surface area contributed by atoms with E-state index in [4.69, 9.17) is 4.84 Å². The van der Waals surface area contributed by atoms with Gasteiger partial charge in [-0.25, -0.2) is 5.48 Å². The van der Waals surface area contributed by atoms with Crippen LogP contribution in [0.5, 0.6) is 0 Å². The second-order valence-corrected chi connectivity index (χ2v) is 6.05. The zero-order valence-electron chi connectivity index (χ0n) is 14.3. The summed E-state index contributed by atoms with van der Waals surface area (Å²) in [7, 11) is 0. The van der Waals surface area contributed by atoms with Crippen LogP contribution < -0.4 is 10.8 Å². The van der Waals surface area contributed by atoms with Crippen molar-refractivity contribution in [3.8, 4) is 0 Å². The summed E-state index contributed by atoms with van der Waals surface area (Å²) in [6.07, 6.45) is 0.232. The van der Waals surface area contributed by atoms with Crippen LogP contribution in [0.25, 0.3) is 10.8 Å². The van der Waals surface area contributed by atoms with Crippen molar-refractivity contribution >= 4 is 22.6 Å². The van der Waals surface area contributed by atoms with Crippen LogP contribution in [0, 0.1) is 5.92 Å². The van der Waals surface area contributed by atoms with Crippen molar-refractivity contribution < 1.29 is 14.4 Å². The zero-order chi connectivity index (χ0) is 17.5. The van der Waals surface area contributed by atoms with Gasteiger partial charge in [0.05, 0.1) is 13.0 Å². The highest BCUT2D eigenvalue weighted by Gasteiger charge is 2.24. The minimum absolute atomic E-state index is 0.0361. The molecule has 5 heteroatoms. The third-order valence-corrected chi connectivity index (χ3v) is 3.76. The fourth-order valence-electron chi connectivity index (χ4n) is 2.50. The molecular formula is C19H24N2O3. The molecule has 128 valence electrons. The molecule has 2 rings (SSSR count). The topological polar surface area (TPSA) is 67.4 Å². The van der Waals surface area contributed by atoms with Crippen molar-refractivity contribution in [2.75, 3.05) is 6.61 Å². The lowest BCUT2D eigenvalue weighted by Gasteiger charge is -2.21.